The van der Waals surface area contributed by atoms with Gasteiger partial charge in [-0.2, -0.15) is 0 Å². The normalized spacial score (nSPS) is 16.0. The van der Waals surface area contributed by atoms with E-state index in [-0.39, 0.29) is 24.4 Å². The van der Waals surface area contributed by atoms with Gasteiger partial charge in [0.1, 0.15) is 0 Å². The third-order valence-electron chi connectivity index (χ3n) is 3.74. The Bertz CT molecular complexity index is 480. The topological polar surface area (TPSA) is 58.2 Å². The fourth-order valence-corrected chi connectivity index (χ4v) is 2.83. The molecule has 0 saturated heterocycles. The first-order valence-corrected chi connectivity index (χ1v) is 8.27. The Balaban J connectivity index is 1.75. The summed E-state index contributed by atoms with van der Waals surface area (Å²) in [5.74, 6) is -0.328. The van der Waals surface area contributed by atoms with E-state index in [1.807, 2.05) is 0 Å². The Labute approximate surface area is 133 Å². The van der Waals surface area contributed by atoms with E-state index in [0.29, 0.717) is 5.56 Å². The molecule has 0 spiro atoms. The van der Waals surface area contributed by atoms with Crippen molar-refractivity contribution in [1.82, 2.24) is 10.6 Å². The second-order valence-corrected chi connectivity index (χ2v) is 6.36. The highest BCUT2D eigenvalue weighted by molar-refractivity contribution is 9.10. The van der Waals surface area contributed by atoms with Crippen molar-refractivity contribution in [2.24, 2.45) is 0 Å². The molecule has 1 aliphatic carbocycles. The molecule has 1 fully saturated rings. The average molecular weight is 353 g/mol. The summed E-state index contributed by atoms with van der Waals surface area (Å²) in [5.41, 5.74) is 0.556. The molecule has 0 radical (unpaired) electrons. The molecule has 1 saturated carbocycles. The minimum absolute atomic E-state index is 0.0331. The molecule has 0 aliphatic heterocycles. The van der Waals surface area contributed by atoms with Gasteiger partial charge < -0.3 is 10.6 Å². The van der Waals surface area contributed by atoms with Crippen LogP contribution in [0.4, 0.5) is 0 Å². The predicted molar refractivity (Wildman–Crippen MR) is 86.1 cm³/mol. The average Bonchev–Trinajstić information content (AvgIpc) is 2.74. The maximum atomic E-state index is 11.9. The van der Waals surface area contributed by atoms with Crippen LogP contribution in [0.1, 0.15) is 48.9 Å². The first-order valence-electron chi connectivity index (χ1n) is 7.48. The van der Waals surface area contributed by atoms with Crippen molar-refractivity contribution in [3.05, 3.63) is 34.3 Å². The zero-order valence-electron chi connectivity index (χ0n) is 12.0. The first kappa shape index (κ1) is 16.0. The largest absolute Gasteiger partial charge is 0.352 e. The minimum Gasteiger partial charge on any atom is -0.352 e. The van der Waals surface area contributed by atoms with Crippen LogP contribution >= 0.6 is 15.9 Å². The maximum Gasteiger partial charge on any atom is 0.251 e. The summed E-state index contributed by atoms with van der Waals surface area (Å²) in [6.07, 6.45) is 6.96. The van der Waals surface area contributed by atoms with Gasteiger partial charge in [-0.3, -0.25) is 9.59 Å². The van der Waals surface area contributed by atoms with Gasteiger partial charge in [0.2, 0.25) is 5.91 Å². The van der Waals surface area contributed by atoms with Crippen molar-refractivity contribution in [3.63, 3.8) is 0 Å². The zero-order chi connectivity index (χ0) is 15.1. The fourth-order valence-electron chi connectivity index (χ4n) is 2.57. The molecule has 0 bridgehead atoms. The van der Waals surface area contributed by atoms with Crippen LogP contribution in [-0.4, -0.2) is 24.4 Å². The van der Waals surface area contributed by atoms with Gasteiger partial charge in [-0.15, -0.1) is 0 Å². The van der Waals surface area contributed by atoms with Crippen molar-refractivity contribution in [1.29, 1.82) is 0 Å². The lowest BCUT2D eigenvalue weighted by molar-refractivity contribution is -0.120. The molecule has 2 rings (SSSR count). The number of rotatable bonds is 4. The molecule has 1 aliphatic rings. The van der Waals surface area contributed by atoms with Gasteiger partial charge in [0.25, 0.3) is 5.91 Å². The van der Waals surface area contributed by atoms with Gasteiger partial charge >= 0.3 is 0 Å². The molecule has 5 heteroatoms. The molecule has 2 N–H and O–H groups in total. The van der Waals surface area contributed by atoms with Crippen molar-refractivity contribution >= 4 is 27.7 Å². The van der Waals surface area contributed by atoms with Crippen LogP contribution in [0, 0.1) is 0 Å². The summed E-state index contributed by atoms with van der Waals surface area (Å²) in [6, 6.07) is 7.33. The van der Waals surface area contributed by atoms with E-state index in [1.165, 1.54) is 25.7 Å². The number of carbonyl (C=O) groups is 2. The molecule has 4 nitrogen and oxygen atoms in total. The predicted octanol–water partition coefficient (Wildman–Crippen LogP) is 3.02. The lowest BCUT2D eigenvalue weighted by Gasteiger charge is -2.16. The van der Waals surface area contributed by atoms with E-state index in [9.17, 15) is 9.59 Å². The lowest BCUT2D eigenvalue weighted by atomic mass is 10.1. The Kier molecular flexibility index (Phi) is 6.23. The van der Waals surface area contributed by atoms with E-state index in [2.05, 4.69) is 26.6 Å². The van der Waals surface area contributed by atoms with Gasteiger partial charge in [-0.25, -0.2) is 0 Å². The smallest absolute Gasteiger partial charge is 0.251 e. The summed E-state index contributed by atoms with van der Waals surface area (Å²) in [4.78, 5) is 23.8. The molecule has 1 aromatic rings. The summed E-state index contributed by atoms with van der Waals surface area (Å²) < 4.78 is 0.921. The van der Waals surface area contributed by atoms with Crippen LogP contribution in [0.15, 0.2) is 28.7 Å². The van der Waals surface area contributed by atoms with Gasteiger partial charge in [-0.1, -0.05) is 41.6 Å². The monoisotopic (exact) mass is 352 g/mol. The molecular formula is C16H21BrN2O2. The highest BCUT2D eigenvalue weighted by atomic mass is 79.9. The number of hydrogen-bond donors (Lipinski definition) is 2. The standard InChI is InChI=1S/C16H21BrN2O2/c17-13-9-7-12(8-10-13)16(21)18-11-15(20)19-14-5-3-1-2-4-6-14/h7-10,14H,1-6,11H2,(H,18,21)(H,19,20). The SMILES string of the molecule is O=C(CNC(=O)c1ccc(Br)cc1)NC1CCCCCC1. The second-order valence-electron chi connectivity index (χ2n) is 5.45. The van der Waals surface area contributed by atoms with E-state index in [4.69, 9.17) is 0 Å². The van der Waals surface area contributed by atoms with Gasteiger partial charge in [0.15, 0.2) is 0 Å². The van der Waals surface area contributed by atoms with Crippen molar-refractivity contribution in [2.75, 3.05) is 6.54 Å². The summed E-state index contributed by atoms with van der Waals surface area (Å²) >= 11 is 3.32. The molecule has 0 atom stereocenters. The van der Waals surface area contributed by atoms with Crippen LogP contribution in [-0.2, 0) is 4.79 Å². The number of carbonyl (C=O) groups excluding carboxylic acids is 2. The zero-order valence-corrected chi connectivity index (χ0v) is 13.6. The van der Waals surface area contributed by atoms with Crippen LogP contribution in [0.25, 0.3) is 0 Å². The van der Waals surface area contributed by atoms with Crippen LogP contribution < -0.4 is 10.6 Å². The third-order valence-corrected chi connectivity index (χ3v) is 4.26. The third kappa shape index (κ3) is 5.50. The van der Waals surface area contributed by atoms with Crippen molar-refractivity contribution in [2.45, 2.75) is 44.6 Å². The Morgan fingerprint density at radius 3 is 2.29 bits per heavy atom. The number of benzene rings is 1. The lowest BCUT2D eigenvalue weighted by Crippen LogP contribution is -2.41. The first-order chi connectivity index (χ1) is 10.1. The van der Waals surface area contributed by atoms with Gasteiger partial charge in [-0.05, 0) is 37.1 Å². The number of nitrogens with one attached hydrogen (secondary N) is 2. The molecule has 21 heavy (non-hydrogen) atoms. The Morgan fingerprint density at radius 1 is 1.05 bits per heavy atom. The molecule has 1 aromatic carbocycles. The maximum absolute atomic E-state index is 11.9. The van der Waals surface area contributed by atoms with E-state index in [0.717, 1.165) is 17.3 Å². The molecule has 0 unspecified atom stereocenters. The van der Waals surface area contributed by atoms with Crippen LogP contribution in [0.3, 0.4) is 0 Å². The summed E-state index contributed by atoms with van der Waals surface area (Å²) in [7, 11) is 0. The fraction of sp³-hybridized carbons (Fsp3) is 0.500. The number of amides is 2. The summed E-state index contributed by atoms with van der Waals surface area (Å²) in [6.45, 7) is 0.0331. The highest BCUT2D eigenvalue weighted by Crippen LogP contribution is 2.17. The van der Waals surface area contributed by atoms with E-state index >= 15 is 0 Å². The quantitative estimate of drug-likeness (QED) is 0.818. The van der Waals surface area contributed by atoms with Gasteiger partial charge in [0, 0.05) is 16.1 Å². The highest BCUT2D eigenvalue weighted by Gasteiger charge is 2.15. The molecule has 0 aromatic heterocycles. The number of halogens is 1. The Morgan fingerprint density at radius 2 is 1.67 bits per heavy atom. The van der Waals surface area contributed by atoms with E-state index in [1.54, 1.807) is 24.3 Å². The second kappa shape index (κ2) is 8.17. The molecule has 2 amide bonds. The summed E-state index contributed by atoms with van der Waals surface area (Å²) in [5, 5.41) is 5.67. The van der Waals surface area contributed by atoms with E-state index < -0.39 is 0 Å². The van der Waals surface area contributed by atoms with Crippen LogP contribution in [0.2, 0.25) is 0 Å². The van der Waals surface area contributed by atoms with Crippen LogP contribution in [0.5, 0.6) is 0 Å². The van der Waals surface area contributed by atoms with Gasteiger partial charge in [0.05, 0.1) is 6.54 Å². The Hall–Kier alpha value is -1.36. The molecule has 114 valence electrons. The van der Waals surface area contributed by atoms with Crippen molar-refractivity contribution in [3.8, 4) is 0 Å². The molecular weight excluding hydrogens is 332 g/mol. The minimum atomic E-state index is -0.224. The van der Waals surface area contributed by atoms with Crippen molar-refractivity contribution < 1.29 is 9.59 Å². The molecule has 0 heterocycles. The number of hydrogen-bond acceptors (Lipinski definition) is 2.